The molecule has 9 heteroatoms. The average Bonchev–Trinajstić information content (AvgIpc) is 3.45. The summed E-state index contributed by atoms with van der Waals surface area (Å²) in [6.45, 7) is 1.34. The van der Waals surface area contributed by atoms with E-state index in [1.165, 1.54) is 10.6 Å². The van der Waals surface area contributed by atoms with E-state index in [-0.39, 0.29) is 23.4 Å². The van der Waals surface area contributed by atoms with Crippen LogP contribution in [0.25, 0.3) is 16.5 Å². The molecule has 0 radical (unpaired) electrons. The van der Waals surface area contributed by atoms with Gasteiger partial charge in [-0.3, -0.25) is 9.55 Å². The van der Waals surface area contributed by atoms with Crippen LogP contribution in [0, 0.1) is 0 Å². The topological polar surface area (TPSA) is 68.5 Å². The Morgan fingerprint density at radius 3 is 2.71 bits per heavy atom. The van der Waals surface area contributed by atoms with E-state index in [0.717, 1.165) is 17.7 Å². The summed E-state index contributed by atoms with van der Waals surface area (Å²) in [6, 6.07) is 12.6. The van der Waals surface area contributed by atoms with Gasteiger partial charge < -0.3 is 19.9 Å². The number of halogens is 3. The first-order valence-corrected chi connectivity index (χ1v) is 10.8. The van der Waals surface area contributed by atoms with Crippen molar-refractivity contribution >= 4 is 16.5 Å². The molecule has 176 valence electrons. The number of ether oxygens (including phenoxy) is 2. The van der Waals surface area contributed by atoms with Crippen molar-refractivity contribution < 1.29 is 27.8 Å². The molecule has 2 aromatic heterocycles. The maximum absolute atomic E-state index is 13.6. The summed E-state index contributed by atoms with van der Waals surface area (Å²) < 4.78 is 53.3. The van der Waals surface area contributed by atoms with Crippen LogP contribution in [0.4, 0.5) is 18.9 Å². The van der Waals surface area contributed by atoms with Crippen LogP contribution < -0.4 is 10.1 Å². The number of anilines is 1. The number of hydrogen-bond acceptors (Lipinski definition) is 5. The van der Waals surface area contributed by atoms with Gasteiger partial charge in [0.2, 0.25) is 5.88 Å². The number of aromatic nitrogens is 2. The first-order chi connectivity index (χ1) is 16.4. The van der Waals surface area contributed by atoms with Gasteiger partial charge in [-0.2, -0.15) is 13.2 Å². The van der Waals surface area contributed by atoms with Gasteiger partial charge in [-0.05, 0) is 35.9 Å². The number of hydrogen-bond donors (Lipinski definition) is 2. The van der Waals surface area contributed by atoms with E-state index in [1.54, 1.807) is 24.7 Å². The van der Waals surface area contributed by atoms with Crippen molar-refractivity contribution in [3.8, 4) is 17.3 Å². The van der Waals surface area contributed by atoms with Crippen molar-refractivity contribution in [2.45, 2.75) is 25.2 Å². The predicted octanol–water partition coefficient (Wildman–Crippen LogP) is 5.53. The van der Waals surface area contributed by atoms with E-state index in [0.29, 0.717) is 42.6 Å². The smallest absolute Gasteiger partial charge is 0.416 e. The van der Waals surface area contributed by atoms with Crippen molar-refractivity contribution in [3.05, 3.63) is 78.2 Å². The van der Waals surface area contributed by atoms with Crippen LogP contribution in [0.2, 0.25) is 0 Å². The number of alkyl halides is 3. The Hall–Kier alpha value is -3.72. The minimum atomic E-state index is -4.57. The molecule has 4 aromatic rings. The third-order valence-electron chi connectivity index (χ3n) is 5.74. The largest absolute Gasteiger partial charge is 0.494 e. The molecule has 0 saturated carbocycles. The second-order valence-electron chi connectivity index (χ2n) is 8.12. The second-order valence-corrected chi connectivity index (χ2v) is 8.12. The summed E-state index contributed by atoms with van der Waals surface area (Å²) in [5, 5.41) is 15.5. The third kappa shape index (κ3) is 4.51. The van der Waals surface area contributed by atoms with Gasteiger partial charge in [-0.1, -0.05) is 12.1 Å². The zero-order chi connectivity index (χ0) is 23.7. The first-order valence-electron chi connectivity index (χ1n) is 10.8. The number of fused-ring (bicyclic) bond motifs is 1. The van der Waals surface area contributed by atoms with Crippen molar-refractivity contribution in [3.63, 3.8) is 0 Å². The summed E-state index contributed by atoms with van der Waals surface area (Å²) in [7, 11) is 0. The molecular formula is C25H22F3N3O3. The van der Waals surface area contributed by atoms with Gasteiger partial charge in [0.15, 0.2) is 0 Å². The molecule has 3 heterocycles. The van der Waals surface area contributed by atoms with Crippen molar-refractivity contribution in [1.82, 2.24) is 9.55 Å². The van der Waals surface area contributed by atoms with Gasteiger partial charge in [-0.25, -0.2) is 0 Å². The molecule has 0 aliphatic carbocycles. The van der Waals surface area contributed by atoms with Crippen LogP contribution in [0.3, 0.4) is 0 Å². The molecule has 0 amide bonds. The highest BCUT2D eigenvalue weighted by molar-refractivity contribution is 5.99. The monoisotopic (exact) mass is 469 g/mol. The summed E-state index contributed by atoms with van der Waals surface area (Å²) in [4.78, 5) is 4.00. The minimum Gasteiger partial charge on any atom is -0.494 e. The number of pyridine rings is 1. The van der Waals surface area contributed by atoms with Gasteiger partial charge in [0, 0.05) is 48.7 Å². The standard InChI is InChI=1S/C25H22F3N3O3/c26-25(27,28)18-10-19(12-21(11-18)34-20-6-9-33-15-20)31-14-17-2-1-3-22(23(17)24(31)32)30-13-16-4-7-29-8-5-16/h1-5,7-8,10-12,14,20,30,32H,6,9,13,15H2. The lowest BCUT2D eigenvalue weighted by molar-refractivity contribution is -0.137. The van der Waals surface area contributed by atoms with E-state index < -0.39 is 11.7 Å². The van der Waals surface area contributed by atoms with Crippen LogP contribution in [0.1, 0.15) is 17.5 Å². The van der Waals surface area contributed by atoms with Gasteiger partial charge in [0.1, 0.15) is 11.9 Å². The molecule has 34 heavy (non-hydrogen) atoms. The summed E-state index contributed by atoms with van der Waals surface area (Å²) >= 11 is 0. The van der Waals surface area contributed by atoms with Crippen LogP contribution in [-0.4, -0.2) is 34.0 Å². The number of benzene rings is 2. The van der Waals surface area contributed by atoms with Crippen LogP contribution in [-0.2, 0) is 17.5 Å². The highest BCUT2D eigenvalue weighted by atomic mass is 19.4. The number of nitrogens with zero attached hydrogens (tertiary/aromatic N) is 2. The highest BCUT2D eigenvalue weighted by Gasteiger charge is 2.32. The normalized spacial score (nSPS) is 16.1. The van der Waals surface area contributed by atoms with Gasteiger partial charge in [-0.15, -0.1) is 0 Å². The Bertz CT molecular complexity index is 1300. The molecule has 1 unspecified atom stereocenters. The molecular weight excluding hydrogens is 447 g/mol. The maximum atomic E-state index is 13.6. The predicted molar refractivity (Wildman–Crippen MR) is 121 cm³/mol. The fraction of sp³-hybridized carbons (Fsp3) is 0.240. The molecule has 6 nitrogen and oxygen atoms in total. The zero-order valence-corrected chi connectivity index (χ0v) is 18.0. The molecule has 2 aromatic carbocycles. The maximum Gasteiger partial charge on any atom is 0.416 e. The summed E-state index contributed by atoms with van der Waals surface area (Å²) in [6.07, 6.45) is 0.724. The Kier molecular flexibility index (Phi) is 5.79. The van der Waals surface area contributed by atoms with Gasteiger partial charge >= 0.3 is 6.18 Å². The molecule has 1 fully saturated rings. The van der Waals surface area contributed by atoms with Crippen molar-refractivity contribution in [2.75, 3.05) is 18.5 Å². The third-order valence-corrected chi connectivity index (χ3v) is 5.74. The Morgan fingerprint density at radius 2 is 1.97 bits per heavy atom. The van der Waals surface area contributed by atoms with Gasteiger partial charge in [0.25, 0.3) is 0 Å². The molecule has 2 N–H and O–H groups in total. The van der Waals surface area contributed by atoms with Crippen LogP contribution in [0.5, 0.6) is 11.6 Å². The van der Waals surface area contributed by atoms with E-state index in [4.69, 9.17) is 9.47 Å². The lowest BCUT2D eigenvalue weighted by Crippen LogP contribution is -2.16. The SMILES string of the molecule is Oc1c2c(NCc3ccncc3)cccc2cn1-c1cc(OC2CCOC2)cc(C(F)(F)F)c1. The molecule has 0 bridgehead atoms. The van der Waals surface area contributed by atoms with E-state index in [1.807, 2.05) is 24.3 Å². The molecule has 1 aliphatic rings. The van der Waals surface area contributed by atoms with Crippen LogP contribution >= 0.6 is 0 Å². The molecule has 1 atom stereocenters. The van der Waals surface area contributed by atoms with Crippen LogP contribution in [0.15, 0.2) is 67.1 Å². The highest BCUT2D eigenvalue weighted by Crippen LogP contribution is 2.39. The van der Waals surface area contributed by atoms with E-state index >= 15 is 0 Å². The second kappa shape index (κ2) is 8.90. The zero-order valence-electron chi connectivity index (χ0n) is 18.0. The number of rotatable bonds is 6. The molecule has 5 rings (SSSR count). The Labute approximate surface area is 193 Å². The van der Waals surface area contributed by atoms with E-state index in [2.05, 4.69) is 10.3 Å². The van der Waals surface area contributed by atoms with E-state index in [9.17, 15) is 18.3 Å². The summed E-state index contributed by atoms with van der Waals surface area (Å²) in [5.41, 5.74) is 0.961. The molecule has 1 saturated heterocycles. The molecule has 1 aliphatic heterocycles. The minimum absolute atomic E-state index is 0.0773. The summed E-state index contributed by atoms with van der Waals surface area (Å²) in [5.74, 6) is -0.0872. The average molecular weight is 469 g/mol. The van der Waals surface area contributed by atoms with Gasteiger partial charge in [0.05, 0.1) is 29.9 Å². The fourth-order valence-corrected chi connectivity index (χ4v) is 4.04. The number of aromatic hydroxyl groups is 1. The Balaban J connectivity index is 1.53. The first kappa shape index (κ1) is 22.1. The van der Waals surface area contributed by atoms with Crippen molar-refractivity contribution in [2.24, 2.45) is 0 Å². The number of nitrogens with one attached hydrogen (secondary N) is 1. The Morgan fingerprint density at radius 1 is 1.15 bits per heavy atom. The lowest BCUT2D eigenvalue weighted by atomic mass is 10.1. The fourth-order valence-electron chi connectivity index (χ4n) is 4.04. The molecule has 0 spiro atoms. The quantitative estimate of drug-likeness (QED) is 0.389. The lowest BCUT2D eigenvalue weighted by Gasteiger charge is -2.17. The van der Waals surface area contributed by atoms with Crippen molar-refractivity contribution in [1.29, 1.82) is 0 Å².